The van der Waals surface area contributed by atoms with E-state index < -0.39 is 0 Å². The molecule has 1 unspecified atom stereocenters. The molecule has 0 amide bonds. The van der Waals surface area contributed by atoms with Crippen molar-refractivity contribution in [3.8, 4) is 0 Å². The van der Waals surface area contributed by atoms with Gasteiger partial charge in [-0.15, -0.1) is 0 Å². The zero-order chi connectivity index (χ0) is 9.90. The SMILES string of the molecule is C[C@H]1CCCCC1(C)CCN(C)C. The molecule has 0 saturated heterocycles. The molecular formula is C12H25N. The summed E-state index contributed by atoms with van der Waals surface area (Å²) >= 11 is 0. The molecule has 1 aliphatic rings. The molecular weight excluding hydrogens is 158 g/mol. The Morgan fingerprint density at radius 3 is 2.54 bits per heavy atom. The average Bonchev–Trinajstić information content (AvgIpc) is 2.07. The standard InChI is InChI=1S/C12H25N/c1-11-7-5-6-8-12(11,2)9-10-13(3)4/h11H,5-10H2,1-4H3/t11-,12?/m0/s1. The molecule has 1 rings (SSSR count). The third-order valence-corrected chi connectivity index (χ3v) is 3.95. The van der Waals surface area contributed by atoms with Crippen molar-refractivity contribution in [1.82, 2.24) is 4.90 Å². The molecule has 1 aliphatic carbocycles. The van der Waals surface area contributed by atoms with Gasteiger partial charge in [0.1, 0.15) is 0 Å². The minimum absolute atomic E-state index is 0.628. The molecule has 2 atom stereocenters. The van der Waals surface area contributed by atoms with Gasteiger partial charge in [0.05, 0.1) is 0 Å². The molecule has 0 heterocycles. The van der Waals surface area contributed by atoms with Crippen molar-refractivity contribution in [3.05, 3.63) is 0 Å². The van der Waals surface area contributed by atoms with Gasteiger partial charge < -0.3 is 4.90 Å². The summed E-state index contributed by atoms with van der Waals surface area (Å²) in [6, 6.07) is 0. The largest absolute Gasteiger partial charge is 0.309 e. The fourth-order valence-corrected chi connectivity index (χ4v) is 2.42. The maximum Gasteiger partial charge on any atom is -0.00195 e. The summed E-state index contributed by atoms with van der Waals surface area (Å²) < 4.78 is 0. The quantitative estimate of drug-likeness (QED) is 0.649. The Labute approximate surface area is 83.5 Å². The lowest BCUT2D eigenvalue weighted by Crippen LogP contribution is -2.32. The van der Waals surface area contributed by atoms with E-state index in [4.69, 9.17) is 0 Å². The van der Waals surface area contributed by atoms with Crippen LogP contribution in [-0.2, 0) is 0 Å². The fourth-order valence-electron chi connectivity index (χ4n) is 2.42. The van der Waals surface area contributed by atoms with Gasteiger partial charge in [-0.3, -0.25) is 0 Å². The van der Waals surface area contributed by atoms with Crippen molar-refractivity contribution in [3.63, 3.8) is 0 Å². The first kappa shape index (κ1) is 11.0. The smallest absolute Gasteiger partial charge is 0.00195 e. The zero-order valence-electron chi connectivity index (χ0n) is 9.77. The summed E-state index contributed by atoms with van der Waals surface area (Å²) in [6.45, 7) is 6.18. The van der Waals surface area contributed by atoms with Crippen LogP contribution < -0.4 is 0 Å². The lowest BCUT2D eigenvalue weighted by molar-refractivity contribution is 0.106. The van der Waals surface area contributed by atoms with Crippen LogP contribution >= 0.6 is 0 Å². The van der Waals surface area contributed by atoms with Gasteiger partial charge in [-0.2, -0.15) is 0 Å². The number of hydrogen-bond acceptors (Lipinski definition) is 1. The van der Waals surface area contributed by atoms with Crippen LogP contribution in [-0.4, -0.2) is 25.5 Å². The predicted molar refractivity (Wildman–Crippen MR) is 58.9 cm³/mol. The van der Waals surface area contributed by atoms with Crippen LogP contribution in [0, 0.1) is 11.3 Å². The van der Waals surface area contributed by atoms with Gasteiger partial charge in [-0.25, -0.2) is 0 Å². The Hall–Kier alpha value is -0.0400. The molecule has 1 nitrogen and oxygen atoms in total. The molecule has 1 heteroatoms. The van der Waals surface area contributed by atoms with Gasteiger partial charge in [0.25, 0.3) is 0 Å². The fraction of sp³-hybridized carbons (Fsp3) is 1.00. The Balaban J connectivity index is 2.42. The van der Waals surface area contributed by atoms with Gasteiger partial charge in [0.15, 0.2) is 0 Å². The van der Waals surface area contributed by atoms with Crippen LogP contribution in [0.3, 0.4) is 0 Å². The lowest BCUT2D eigenvalue weighted by atomic mass is 9.66. The first-order valence-corrected chi connectivity index (χ1v) is 5.69. The molecule has 13 heavy (non-hydrogen) atoms. The zero-order valence-corrected chi connectivity index (χ0v) is 9.77. The van der Waals surface area contributed by atoms with Crippen LogP contribution in [0.4, 0.5) is 0 Å². The molecule has 0 spiro atoms. The van der Waals surface area contributed by atoms with Crippen LogP contribution in [0.25, 0.3) is 0 Å². The maximum atomic E-state index is 2.49. The summed E-state index contributed by atoms with van der Waals surface area (Å²) in [5, 5.41) is 0. The molecule has 0 aromatic heterocycles. The van der Waals surface area contributed by atoms with E-state index in [2.05, 4.69) is 32.8 Å². The van der Waals surface area contributed by atoms with Crippen molar-refractivity contribution in [2.75, 3.05) is 20.6 Å². The highest BCUT2D eigenvalue weighted by Gasteiger charge is 2.32. The third kappa shape index (κ3) is 2.98. The van der Waals surface area contributed by atoms with Crippen molar-refractivity contribution in [2.24, 2.45) is 11.3 Å². The Bertz CT molecular complexity index is 153. The minimum atomic E-state index is 0.628. The molecule has 0 aromatic rings. The van der Waals surface area contributed by atoms with Gasteiger partial charge in [0, 0.05) is 0 Å². The van der Waals surface area contributed by atoms with Crippen LogP contribution in [0.2, 0.25) is 0 Å². The highest BCUT2D eigenvalue weighted by atomic mass is 15.0. The molecule has 0 bridgehead atoms. The maximum absolute atomic E-state index is 2.49. The summed E-state index contributed by atoms with van der Waals surface area (Å²) in [5.41, 5.74) is 0.628. The van der Waals surface area contributed by atoms with Crippen molar-refractivity contribution < 1.29 is 0 Å². The van der Waals surface area contributed by atoms with Crippen LogP contribution in [0.1, 0.15) is 46.0 Å². The Morgan fingerprint density at radius 1 is 1.31 bits per heavy atom. The highest BCUT2D eigenvalue weighted by molar-refractivity contribution is 4.84. The number of hydrogen-bond donors (Lipinski definition) is 0. The lowest BCUT2D eigenvalue weighted by Gasteiger charge is -2.40. The van der Waals surface area contributed by atoms with E-state index in [-0.39, 0.29) is 0 Å². The van der Waals surface area contributed by atoms with E-state index in [1.54, 1.807) is 0 Å². The molecule has 1 fully saturated rings. The van der Waals surface area contributed by atoms with E-state index in [0.717, 1.165) is 5.92 Å². The monoisotopic (exact) mass is 183 g/mol. The average molecular weight is 183 g/mol. The van der Waals surface area contributed by atoms with Crippen molar-refractivity contribution in [1.29, 1.82) is 0 Å². The van der Waals surface area contributed by atoms with Crippen molar-refractivity contribution in [2.45, 2.75) is 46.0 Å². The molecule has 78 valence electrons. The van der Waals surface area contributed by atoms with E-state index >= 15 is 0 Å². The Kier molecular flexibility index (Phi) is 3.78. The number of nitrogens with zero attached hydrogens (tertiary/aromatic N) is 1. The van der Waals surface area contributed by atoms with Gasteiger partial charge in [0.2, 0.25) is 0 Å². The van der Waals surface area contributed by atoms with Gasteiger partial charge in [-0.1, -0.05) is 33.1 Å². The molecule has 0 radical (unpaired) electrons. The van der Waals surface area contributed by atoms with Crippen LogP contribution in [0.5, 0.6) is 0 Å². The van der Waals surface area contributed by atoms with Gasteiger partial charge in [-0.05, 0) is 44.8 Å². The normalized spacial score (nSPS) is 35.3. The first-order valence-electron chi connectivity index (χ1n) is 5.69. The topological polar surface area (TPSA) is 3.24 Å². The van der Waals surface area contributed by atoms with E-state index in [1.807, 2.05) is 0 Å². The van der Waals surface area contributed by atoms with Crippen LogP contribution in [0.15, 0.2) is 0 Å². The molecule has 0 N–H and O–H groups in total. The van der Waals surface area contributed by atoms with E-state index in [0.29, 0.717) is 5.41 Å². The summed E-state index contributed by atoms with van der Waals surface area (Å²) in [5.74, 6) is 0.932. The number of rotatable bonds is 3. The van der Waals surface area contributed by atoms with Gasteiger partial charge >= 0.3 is 0 Å². The summed E-state index contributed by atoms with van der Waals surface area (Å²) in [4.78, 5) is 2.31. The van der Waals surface area contributed by atoms with E-state index in [9.17, 15) is 0 Å². The molecule has 0 aliphatic heterocycles. The third-order valence-electron chi connectivity index (χ3n) is 3.95. The molecule has 1 saturated carbocycles. The second kappa shape index (κ2) is 4.45. The second-order valence-corrected chi connectivity index (χ2v) is 5.35. The summed E-state index contributed by atoms with van der Waals surface area (Å²) in [7, 11) is 4.35. The highest BCUT2D eigenvalue weighted by Crippen LogP contribution is 2.43. The summed E-state index contributed by atoms with van der Waals surface area (Å²) in [6.07, 6.45) is 7.18. The van der Waals surface area contributed by atoms with E-state index in [1.165, 1.54) is 38.6 Å². The van der Waals surface area contributed by atoms with Crippen molar-refractivity contribution >= 4 is 0 Å². The molecule has 0 aromatic carbocycles. The first-order chi connectivity index (χ1) is 6.04. The Morgan fingerprint density at radius 2 is 2.00 bits per heavy atom. The minimum Gasteiger partial charge on any atom is -0.309 e. The predicted octanol–water partition coefficient (Wildman–Crippen LogP) is 3.15. The second-order valence-electron chi connectivity index (χ2n) is 5.35.